The second-order valence-electron chi connectivity index (χ2n) is 4.53. The van der Waals surface area contributed by atoms with E-state index >= 15 is 0 Å². The van der Waals surface area contributed by atoms with Gasteiger partial charge in [0.05, 0.1) is 12.7 Å². The molecule has 0 fully saturated rings. The summed E-state index contributed by atoms with van der Waals surface area (Å²) in [6, 6.07) is 1.58. The Kier molecular flexibility index (Phi) is 3.63. The Labute approximate surface area is 137 Å². The largest absolute Gasteiger partial charge is 0.586 e. The van der Waals surface area contributed by atoms with Crippen molar-refractivity contribution in [1.29, 1.82) is 0 Å². The van der Waals surface area contributed by atoms with Gasteiger partial charge in [-0.3, -0.25) is 0 Å². The topological polar surface area (TPSA) is 96.6 Å². The van der Waals surface area contributed by atoms with Crippen molar-refractivity contribution < 1.29 is 32.2 Å². The molecule has 3 rings (SSSR count). The van der Waals surface area contributed by atoms with E-state index in [1.165, 1.54) is 0 Å². The lowest BCUT2D eigenvalue weighted by Gasteiger charge is -2.08. The maximum absolute atomic E-state index is 14.2. The number of hydrogen-bond donors (Lipinski definition) is 1. The van der Waals surface area contributed by atoms with E-state index in [1.807, 2.05) is 0 Å². The first kappa shape index (κ1) is 16.1. The Bertz CT molecular complexity index is 863. The van der Waals surface area contributed by atoms with Crippen LogP contribution >= 0.6 is 11.6 Å². The highest BCUT2D eigenvalue weighted by Gasteiger charge is 2.44. The number of carbonyl (C=O) groups excluding carboxylic acids is 1. The number of nitrogen functional groups attached to an aromatic ring is 1. The number of hydrogen-bond acceptors (Lipinski definition) is 7. The normalized spacial score (nSPS) is 14.5. The number of aromatic nitrogens is 2. The summed E-state index contributed by atoms with van der Waals surface area (Å²) in [7, 11) is 1.08. The average molecular weight is 362 g/mol. The number of fused-ring (bicyclic) bond motifs is 1. The number of rotatable bonds is 2. The van der Waals surface area contributed by atoms with Gasteiger partial charge in [-0.25, -0.2) is 19.2 Å². The molecule has 1 aliphatic heterocycles. The minimum atomic E-state index is -3.91. The molecule has 0 bridgehead atoms. The van der Waals surface area contributed by atoms with Crippen LogP contribution < -0.4 is 15.2 Å². The number of alkyl halides is 2. The molecule has 0 amide bonds. The van der Waals surface area contributed by atoms with Crippen LogP contribution in [0.5, 0.6) is 11.5 Å². The maximum atomic E-state index is 14.2. The molecule has 1 aromatic heterocycles. The highest BCUT2D eigenvalue weighted by atomic mass is 35.5. The van der Waals surface area contributed by atoms with Crippen LogP contribution in [0.25, 0.3) is 11.4 Å². The van der Waals surface area contributed by atoms with E-state index in [2.05, 4.69) is 24.2 Å². The van der Waals surface area contributed by atoms with Crippen LogP contribution in [0.1, 0.15) is 10.5 Å². The van der Waals surface area contributed by atoms with Gasteiger partial charge in [-0.2, -0.15) is 0 Å². The standard InChI is InChI=1S/C13H7ClF3N3O4/c1-22-12(21)9-8(14)10(18)20-11(19-9)4-2-6-7(3-5(4)15)24-13(16,17)23-6/h2-3H,1H3,(H2,18,19,20). The molecule has 0 unspecified atom stereocenters. The van der Waals surface area contributed by atoms with Gasteiger partial charge in [0.2, 0.25) is 0 Å². The Morgan fingerprint density at radius 1 is 1.29 bits per heavy atom. The van der Waals surface area contributed by atoms with Crippen LogP contribution in [0.15, 0.2) is 12.1 Å². The molecule has 0 saturated heterocycles. The Balaban J connectivity index is 2.14. The van der Waals surface area contributed by atoms with Crippen molar-refractivity contribution in [2.75, 3.05) is 12.8 Å². The van der Waals surface area contributed by atoms with Crippen molar-refractivity contribution in [3.63, 3.8) is 0 Å². The zero-order valence-corrected chi connectivity index (χ0v) is 12.5. The van der Waals surface area contributed by atoms with E-state index in [4.69, 9.17) is 17.3 Å². The summed E-state index contributed by atoms with van der Waals surface area (Å²) in [6.45, 7) is 0. The second kappa shape index (κ2) is 5.41. The minimum absolute atomic E-state index is 0.279. The number of halogens is 4. The molecule has 11 heteroatoms. The van der Waals surface area contributed by atoms with Crippen LogP contribution in [-0.4, -0.2) is 29.3 Å². The lowest BCUT2D eigenvalue weighted by molar-refractivity contribution is -0.286. The highest BCUT2D eigenvalue weighted by Crippen LogP contribution is 2.44. The van der Waals surface area contributed by atoms with E-state index in [9.17, 15) is 18.0 Å². The van der Waals surface area contributed by atoms with Gasteiger partial charge in [0.15, 0.2) is 23.0 Å². The molecule has 0 atom stereocenters. The summed E-state index contributed by atoms with van der Waals surface area (Å²) in [5.74, 6) is -3.51. The van der Waals surface area contributed by atoms with Crippen LogP contribution in [0.4, 0.5) is 19.0 Å². The zero-order valence-electron chi connectivity index (χ0n) is 11.8. The molecular weight excluding hydrogens is 355 g/mol. The number of anilines is 1. The quantitative estimate of drug-likeness (QED) is 0.821. The first-order valence-electron chi connectivity index (χ1n) is 6.23. The molecule has 24 heavy (non-hydrogen) atoms. The molecule has 1 aromatic carbocycles. The number of ether oxygens (including phenoxy) is 3. The van der Waals surface area contributed by atoms with E-state index in [0.717, 1.165) is 13.2 Å². The summed E-state index contributed by atoms with van der Waals surface area (Å²) >= 11 is 5.81. The Morgan fingerprint density at radius 2 is 1.92 bits per heavy atom. The Hall–Kier alpha value is -2.75. The van der Waals surface area contributed by atoms with Gasteiger partial charge in [-0.15, -0.1) is 8.78 Å². The molecule has 1 aliphatic rings. The molecular formula is C13H7ClF3N3O4. The van der Waals surface area contributed by atoms with E-state index in [-0.39, 0.29) is 22.2 Å². The van der Waals surface area contributed by atoms with Crippen molar-refractivity contribution >= 4 is 23.4 Å². The third-order valence-electron chi connectivity index (χ3n) is 2.99. The zero-order chi connectivity index (χ0) is 17.6. The summed E-state index contributed by atoms with van der Waals surface area (Å²) in [5, 5.41) is -0.279. The summed E-state index contributed by atoms with van der Waals surface area (Å²) < 4.78 is 53.1. The molecule has 2 N–H and O–H groups in total. The smallest absolute Gasteiger partial charge is 0.464 e. The SMILES string of the molecule is COC(=O)c1nc(-c2cc3c(cc2F)OC(F)(F)O3)nc(N)c1Cl. The number of benzene rings is 1. The summed E-state index contributed by atoms with van der Waals surface area (Å²) in [4.78, 5) is 19.2. The van der Waals surface area contributed by atoms with Gasteiger partial charge in [-0.05, 0) is 6.07 Å². The molecule has 0 saturated carbocycles. The number of esters is 1. The first-order valence-corrected chi connectivity index (χ1v) is 6.60. The molecule has 0 spiro atoms. The molecule has 2 heterocycles. The van der Waals surface area contributed by atoms with Crippen LogP contribution in [0.3, 0.4) is 0 Å². The van der Waals surface area contributed by atoms with Gasteiger partial charge in [-0.1, -0.05) is 11.6 Å². The Morgan fingerprint density at radius 3 is 2.54 bits per heavy atom. The average Bonchev–Trinajstić information content (AvgIpc) is 2.81. The van der Waals surface area contributed by atoms with E-state index < -0.39 is 35.3 Å². The van der Waals surface area contributed by atoms with Gasteiger partial charge in [0.1, 0.15) is 16.7 Å². The van der Waals surface area contributed by atoms with Crippen LogP contribution in [0, 0.1) is 5.82 Å². The molecule has 0 radical (unpaired) electrons. The predicted molar refractivity (Wildman–Crippen MR) is 74.4 cm³/mol. The number of methoxy groups -OCH3 is 1. The first-order chi connectivity index (χ1) is 11.2. The van der Waals surface area contributed by atoms with Gasteiger partial charge < -0.3 is 19.9 Å². The number of carbonyl (C=O) groups is 1. The second-order valence-corrected chi connectivity index (χ2v) is 4.91. The van der Waals surface area contributed by atoms with E-state index in [0.29, 0.717) is 6.07 Å². The van der Waals surface area contributed by atoms with E-state index in [1.54, 1.807) is 0 Å². The third-order valence-corrected chi connectivity index (χ3v) is 3.36. The molecule has 126 valence electrons. The van der Waals surface area contributed by atoms with Gasteiger partial charge >= 0.3 is 12.3 Å². The van der Waals surface area contributed by atoms with Gasteiger partial charge in [0.25, 0.3) is 0 Å². The van der Waals surface area contributed by atoms with Crippen LogP contribution in [0.2, 0.25) is 5.02 Å². The summed E-state index contributed by atoms with van der Waals surface area (Å²) in [5.41, 5.74) is 4.83. The molecule has 2 aromatic rings. The lowest BCUT2D eigenvalue weighted by atomic mass is 10.1. The molecule has 0 aliphatic carbocycles. The fraction of sp³-hybridized carbons (Fsp3) is 0.154. The van der Waals surface area contributed by atoms with Crippen LogP contribution in [-0.2, 0) is 4.74 Å². The van der Waals surface area contributed by atoms with Crippen molar-refractivity contribution in [3.05, 3.63) is 28.7 Å². The lowest BCUT2D eigenvalue weighted by Crippen LogP contribution is -2.25. The van der Waals surface area contributed by atoms with Crippen molar-refractivity contribution in [2.24, 2.45) is 0 Å². The fourth-order valence-corrected chi connectivity index (χ4v) is 2.12. The van der Waals surface area contributed by atoms with Gasteiger partial charge in [0, 0.05) is 6.07 Å². The highest BCUT2D eigenvalue weighted by molar-refractivity contribution is 6.35. The summed E-state index contributed by atoms with van der Waals surface area (Å²) in [6.07, 6.45) is -3.91. The predicted octanol–water partition coefficient (Wildman–Crippen LogP) is 2.63. The fourth-order valence-electron chi connectivity index (χ4n) is 1.96. The monoisotopic (exact) mass is 361 g/mol. The van der Waals surface area contributed by atoms with Crippen molar-refractivity contribution in [1.82, 2.24) is 9.97 Å². The maximum Gasteiger partial charge on any atom is 0.586 e. The molecule has 7 nitrogen and oxygen atoms in total. The minimum Gasteiger partial charge on any atom is -0.464 e. The van der Waals surface area contributed by atoms with Crippen molar-refractivity contribution in [2.45, 2.75) is 6.29 Å². The van der Waals surface area contributed by atoms with Crippen molar-refractivity contribution in [3.8, 4) is 22.9 Å². The third kappa shape index (κ3) is 2.64. The number of nitrogens with zero attached hydrogens (tertiary/aromatic N) is 2. The number of nitrogens with two attached hydrogens (primary N) is 1.